The molecule has 0 unspecified atom stereocenters. The van der Waals surface area contributed by atoms with Crippen molar-refractivity contribution >= 4 is 65.6 Å². The normalized spacial score (nSPS) is 11.2. The lowest BCUT2D eigenvalue weighted by Crippen LogP contribution is -2.10. The Labute approximate surface area is 245 Å². The molecule has 0 aliphatic carbocycles. The molecule has 0 amide bonds. The Bertz CT molecular complexity index is 1980. The van der Waals surface area contributed by atoms with Crippen LogP contribution in [0.15, 0.2) is 146 Å². The number of anilines is 6. The Morgan fingerprint density at radius 1 is 0.415 bits per heavy atom. The van der Waals surface area contributed by atoms with E-state index < -0.39 is 0 Å². The summed E-state index contributed by atoms with van der Waals surface area (Å²) in [6.07, 6.45) is 0. The third-order valence-electron chi connectivity index (χ3n) is 7.51. The molecule has 0 N–H and O–H groups in total. The number of para-hydroxylation sites is 2. The van der Waals surface area contributed by atoms with Crippen molar-refractivity contribution in [2.45, 2.75) is 13.8 Å². The maximum absolute atomic E-state index is 2.38. The van der Waals surface area contributed by atoms with Crippen LogP contribution in [0, 0.1) is 13.8 Å². The van der Waals surface area contributed by atoms with Gasteiger partial charge >= 0.3 is 0 Å². The van der Waals surface area contributed by atoms with Crippen molar-refractivity contribution in [2.75, 3.05) is 9.80 Å². The highest BCUT2D eigenvalue weighted by molar-refractivity contribution is 7.26. The summed E-state index contributed by atoms with van der Waals surface area (Å²) >= 11 is 1.87. The molecular formula is C38H30N2S. The number of rotatable bonds is 6. The van der Waals surface area contributed by atoms with Crippen LogP contribution in [-0.2, 0) is 0 Å². The molecule has 0 atom stereocenters. The summed E-state index contributed by atoms with van der Waals surface area (Å²) in [6.45, 7) is 4.30. The second kappa shape index (κ2) is 10.6. The van der Waals surface area contributed by atoms with Crippen LogP contribution in [0.4, 0.5) is 34.1 Å². The Morgan fingerprint density at radius 3 is 1.59 bits per heavy atom. The highest BCUT2D eigenvalue weighted by Crippen LogP contribution is 2.46. The fraction of sp³-hybridized carbons (Fsp3) is 0.0526. The molecule has 0 fully saturated rings. The van der Waals surface area contributed by atoms with Crippen LogP contribution >= 0.6 is 11.3 Å². The van der Waals surface area contributed by atoms with Crippen LogP contribution in [0.5, 0.6) is 0 Å². The molecule has 1 heterocycles. The van der Waals surface area contributed by atoms with E-state index in [0.29, 0.717) is 0 Å². The van der Waals surface area contributed by atoms with Crippen LogP contribution in [0.25, 0.3) is 20.2 Å². The molecule has 0 aliphatic heterocycles. The largest absolute Gasteiger partial charge is 0.310 e. The second-order valence-corrected chi connectivity index (χ2v) is 11.5. The zero-order chi connectivity index (χ0) is 27.8. The molecule has 0 radical (unpaired) electrons. The average Bonchev–Trinajstić information content (AvgIpc) is 3.38. The van der Waals surface area contributed by atoms with Crippen molar-refractivity contribution < 1.29 is 0 Å². The van der Waals surface area contributed by atoms with E-state index in [9.17, 15) is 0 Å². The van der Waals surface area contributed by atoms with Crippen molar-refractivity contribution in [3.63, 3.8) is 0 Å². The highest BCUT2D eigenvalue weighted by Gasteiger charge is 2.19. The van der Waals surface area contributed by atoms with Crippen LogP contribution in [0.3, 0.4) is 0 Å². The SMILES string of the molecule is Cc1cccc(N(c2ccccc2)c2ccc3c(c2)sc2c(N(c4ccccc4)c4cccc(C)c4)cccc23)c1. The third-order valence-corrected chi connectivity index (χ3v) is 8.70. The number of nitrogens with zero attached hydrogens (tertiary/aromatic N) is 2. The molecule has 6 aromatic carbocycles. The maximum Gasteiger partial charge on any atom is 0.0640 e. The summed E-state index contributed by atoms with van der Waals surface area (Å²) in [5, 5.41) is 2.56. The molecule has 3 heteroatoms. The van der Waals surface area contributed by atoms with Gasteiger partial charge in [-0.15, -0.1) is 11.3 Å². The first kappa shape index (κ1) is 25.1. The van der Waals surface area contributed by atoms with E-state index in [1.54, 1.807) is 0 Å². The topological polar surface area (TPSA) is 6.48 Å². The van der Waals surface area contributed by atoms with Gasteiger partial charge in [0, 0.05) is 43.9 Å². The monoisotopic (exact) mass is 546 g/mol. The van der Waals surface area contributed by atoms with E-state index in [1.807, 2.05) is 11.3 Å². The summed E-state index contributed by atoms with van der Waals surface area (Å²) in [4.78, 5) is 4.73. The zero-order valence-electron chi connectivity index (χ0n) is 23.2. The van der Waals surface area contributed by atoms with Gasteiger partial charge in [0.05, 0.1) is 10.4 Å². The molecule has 0 saturated heterocycles. The number of hydrogen-bond acceptors (Lipinski definition) is 3. The standard InChI is InChI=1S/C38H30N2S/c1-27-12-9-18-31(24-27)39(29-14-5-3-6-15-29)33-22-23-34-35-20-11-21-36(38(35)41-37(34)26-33)40(30-16-7-4-8-17-30)32-19-10-13-28(2)25-32/h3-26H,1-2H3. The fourth-order valence-electron chi connectivity index (χ4n) is 5.65. The lowest BCUT2D eigenvalue weighted by Gasteiger charge is -2.26. The van der Waals surface area contributed by atoms with Gasteiger partial charge in [-0.1, -0.05) is 78.9 Å². The molecule has 41 heavy (non-hydrogen) atoms. The van der Waals surface area contributed by atoms with Crippen molar-refractivity contribution in [1.82, 2.24) is 0 Å². The van der Waals surface area contributed by atoms with Gasteiger partial charge in [0.2, 0.25) is 0 Å². The van der Waals surface area contributed by atoms with Crippen molar-refractivity contribution in [3.05, 3.63) is 157 Å². The minimum atomic E-state index is 1.15. The molecule has 0 bridgehead atoms. The molecule has 0 saturated carbocycles. The number of aryl methyl sites for hydroxylation is 2. The van der Waals surface area contributed by atoms with Gasteiger partial charge in [0.15, 0.2) is 0 Å². The second-order valence-electron chi connectivity index (χ2n) is 10.5. The lowest BCUT2D eigenvalue weighted by molar-refractivity contribution is 1.28. The van der Waals surface area contributed by atoms with Crippen molar-refractivity contribution in [3.8, 4) is 0 Å². The van der Waals surface area contributed by atoms with Gasteiger partial charge in [0.25, 0.3) is 0 Å². The van der Waals surface area contributed by atoms with Crippen LogP contribution in [-0.4, -0.2) is 0 Å². The Morgan fingerprint density at radius 2 is 0.951 bits per heavy atom. The van der Waals surface area contributed by atoms with Gasteiger partial charge in [-0.05, 0) is 91.7 Å². The maximum atomic E-state index is 2.38. The quantitative estimate of drug-likeness (QED) is 0.205. The fourth-order valence-corrected chi connectivity index (χ4v) is 6.89. The van der Waals surface area contributed by atoms with Gasteiger partial charge in [-0.3, -0.25) is 0 Å². The number of benzene rings is 6. The Kier molecular flexibility index (Phi) is 6.50. The molecule has 7 rings (SSSR count). The van der Waals surface area contributed by atoms with Crippen molar-refractivity contribution in [1.29, 1.82) is 0 Å². The number of thiophene rings is 1. The first-order chi connectivity index (χ1) is 20.2. The predicted octanol–water partition coefficient (Wildman–Crippen LogP) is 11.6. The number of fused-ring (bicyclic) bond motifs is 3. The molecule has 2 nitrogen and oxygen atoms in total. The Balaban J connectivity index is 1.42. The molecule has 0 aliphatic rings. The lowest BCUT2D eigenvalue weighted by atomic mass is 10.1. The van der Waals surface area contributed by atoms with E-state index in [0.717, 1.165) is 28.4 Å². The Hall–Kier alpha value is -4.86. The minimum absolute atomic E-state index is 1.15. The van der Waals surface area contributed by atoms with E-state index in [1.165, 1.54) is 37.0 Å². The van der Waals surface area contributed by atoms with Crippen LogP contribution < -0.4 is 9.80 Å². The minimum Gasteiger partial charge on any atom is -0.310 e. The first-order valence-corrected chi connectivity index (χ1v) is 14.8. The summed E-state index contributed by atoms with van der Waals surface area (Å²) < 4.78 is 2.56. The molecule has 198 valence electrons. The van der Waals surface area contributed by atoms with Crippen LogP contribution in [0.2, 0.25) is 0 Å². The predicted molar refractivity (Wildman–Crippen MR) is 178 cm³/mol. The summed E-state index contributed by atoms with van der Waals surface area (Å²) in [5.74, 6) is 0. The van der Waals surface area contributed by atoms with Crippen molar-refractivity contribution in [2.24, 2.45) is 0 Å². The smallest absolute Gasteiger partial charge is 0.0640 e. The first-order valence-electron chi connectivity index (χ1n) is 13.9. The van der Waals surface area contributed by atoms with Crippen LogP contribution in [0.1, 0.15) is 11.1 Å². The van der Waals surface area contributed by atoms with E-state index in [2.05, 4.69) is 169 Å². The number of hydrogen-bond donors (Lipinski definition) is 0. The molecule has 7 aromatic rings. The highest BCUT2D eigenvalue weighted by atomic mass is 32.1. The molecule has 0 spiro atoms. The van der Waals surface area contributed by atoms with Gasteiger partial charge < -0.3 is 9.80 Å². The van der Waals surface area contributed by atoms with Gasteiger partial charge in [-0.25, -0.2) is 0 Å². The molecular weight excluding hydrogens is 516 g/mol. The van der Waals surface area contributed by atoms with E-state index in [4.69, 9.17) is 0 Å². The summed E-state index contributed by atoms with van der Waals surface area (Å²) in [6, 6.07) is 52.4. The van der Waals surface area contributed by atoms with E-state index >= 15 is 0 Å². The summed E-state index contributed by atoms with van der Waals surface area (Å²) in [5.41, 5.74) is 9.46. The van der Waals surface area contributed by atoms with Gasteiger partial charge in [0.1, 0.15) is 0 Å². The third kappa shape index (κ3) is 4.75. The van der Waals surface area contributed by atoms with E-state index in [-0.39, 0.29) is 0 Å². The van der Waals surface area contributed by atoms with Gasteiger partial charge in [-0.2, -0.15) is 0 Å². The summed E-state index contributed by atoms with van der Waals surface area (Å²) in [7, 11) is 0. The average molecular weight is 547 g/mol. The molecule has 1 aromatic heterocycles. The zero-order valence-corrected chi connectivity index (χ0v) is 24.0.